The van der Waals surface area contributed by atoms with E-state index in [1.165, 1.54) is 0 Å². The first kappa shape index (κ1) is 32.5. The Balaban J connectivity index is 2.18. The maximum absolute atomic E-state index is 13.8. The summed E-state index contributed by atoms with van der Waals surface area (Å²) in [4.78, 5) is 44.0. The Morgan fingerprint density at radius 2 is 1.67 bits per heavy atom. The number of likely N-dealkylation sites (tertiary alicyclic amines) is 1. The lowest BCUT2D eigenvalue weighted by atomic mass is 9.95. The molecule has 8 heteroatoms. The number of piperidine rings is 1. The van der Waals surface area contributed by atoms with Crippen molar-refractivity contribution in [1.29, 1.82) is 0 Å². The number of nitrogens with one attached hydrogen (secondary N) is 2. The zero-order chi connectivity index (χ0) is 29.3. The highest BCUT2D eigenvalue weighted by molar-refractivity contribution is 5.93. The van der Waals surface area contributed by atoms with Crippen LogP contribution in [0, 0.1) is 11.8 Å². The lowest BCUT2D eigenvalue weighted by Gasteiger charge is -2.39. The van der Waals surface area contributed by atoms with Crippen LogP contribution >= 0.6 is 0 Å². The molecule has 1 saturated heterocycles. The van der Waals surface area contributed by atoms with Crippen molar-refractivity contribution in [2.75, 3.05) is 20.2 Å². The summed E-state index contributed by atoms with van der Waals surface area (Å²) >= 11 is 0. The van der Waals surface area contributed by atoms with Gasteiger partial charge in [-0.1, -0.05) is 70.5 Å². The first-order valence-corrected chi connectivity index (χ1v) is 14.4. The third kappa shape index (κ3) is 8.90. The monoisotopic (exact) mass is 542 g/mol. The molecule has 8 nitrogen and oxygen atoms in total. The quantitative estimate of drug-likeness (QED) is 0.350. The summed E-state index contributed by atoms with van der Waals surface area (Å²) in [6, 6.07) is 7.81. The van der Waals surface area contributed by atoms with Crippen LogP contribution in [-0.4, -0.2) is 77.0 Å². The maximum Gasteiger partial charge on any atom is 0.247 e. The maximum atomic E-state index is 13.8. The van der Waals surface area contributed by atoms with E-state index in [-0.39, 0.29) is 54.3 Å². The predicted octanol–water partition coefficient (Wildman–Crippen LogP) is 3.67. The topological polar surface area (TPSA) is 102 Å². The average molecular weight is 543 g/mol. The molecule has 0 bridgehead atoms. The van der Waals surface area contributed by atoms with Crippen molar-refractivity contribution in [1.82, 2.24) is 20.4 Å². The van der Waals surface area contributed by atoms with Gasteiger partial charge in [-0.05, 0) is 57.6 Å². The molecule has 0 aromatic heterocycles. The smallest absolute Gasteiger partial charge is 0.247 e. The molecule has 2 rings (SSSR count). The van der Waals surface area contributed by atoms with E-state index in [1.807, 2.05) is 58.0 Å². The molecule has 0 saturated carbocycles. The van der Waals surface area contributed by atoms with Crippen LogP contribution in [0.5, 0.6) is 0 Å². The zero-order valence-corrected chi connectivity index (χ0v) is 25.1. The Labute approximate surface area is 235 Å². The van der Waals surface area contributed by atoms with E-state index in [1.54, 1.807) is 24.9 Å². The number of aliphatic hydroxyl groups excluding tert-OH is 1. The van der Waals surface area contributed by atoms with Crippen LogP contribution in [0.15, 0.2) is 42.0 Å². The average Bonchev–Trinajstić information content (AvgIpc) is 2.92. The number of amides is 3. The molecule has 1 fully saturated rings. The molecule has 1 aliphatic heterocycles. The molecule has 3 N–H and O–H groups in total. The van der Waals surface area contributed by atoms with E-state index in [4.69, 9.17) is 0 Å². The van der Waals surface area contributed by atoms with Gasteiger partial charge in [0.15, 0.2) is 0 Å². The lowest BCUT2D eigenvalue weighted by molar-refractivity contribution is -0.140. The summed E-state index contributed by atoms with van der Waals surface area (Å²) in [5, 5.41) is 15.8. The molecule has 39 heavy (non-hydrogen) atoms. The van der Waals surface area contributed by atoms with Gasteiger partial charge in [-0.25, -0.2) is 0 Å². The molecule has 1 aromatic carbocycles. The van der Waals surface area contributed by atoms with E-state index in [9.17, 15) is 19.5 Å². The van der Waals surface area contributed by atoms with Crippen molar-refractivity contribution >= 4 is 17.7 Å². The molecule has 0 aliphatic carbocycles. The highest BCUT2D eigenvalue weighted by Gasteiger charge is 2.36. The van der Waals surface area contributed by atoms with Gasteiger partial charge in [0, 0.05) is 18.7 Å². The van der Waals surface area contributed by atoms with Gasteiger partial charge < -0.3 is 20.6 Å². The second kappa shape index (κ2) is 15.2. The highest BCUT2D eigenvalue weighted by Crippen LogP contribution is 2.22. The summed E-state index contributed by atoms with van der Waals surface area (Å²) in [5.41, 5.74) is 1.28. The van der Waals surface area contributed by atoms with Gasteiger partial charge in [0.05, 0.1) is 24.7 Å². The largest absolute Gasteiger partial charge is 0.394 e. The van der Waals surface area contributed by atoms with Crippen LogP contribution in [0.1, 0.15) is 79.3 Å². The van der Waals surface area contributed by atoms with Crippen LogP contribution in [0.4, 0.5) is 0 Å². The first-order valence-electron chi connectivity index (χ1n) is 14.4. The Kier molecular flexibility index (Phi) is 12.6. The van der Waals surface area contributed by atoms with Gasteiger partial charge in [0.2, 0.25) is 17.7 Å². The van der Waals surface area contributed by atoms with E-state index in [0.717, 1.165) is 31.4 Å². The number of benzene rings is 1. The van der Waals surface area contributed by atoms with Gasteiger partial charge in [0.25, 0.3) is 0 Å². The fourth-order valence-corrected chi connectivity index (χ4v) is 5.26. The van der Waals surface area contributed by atoms with Crippen LogP contribution < -0.4 is 10.6 Å². The molecular weight excluding hydrogens is 492 g/mol. The van der Waals surface area contributed by atoms with Crippen molar-refractivity contribution in [2.24, 2.45) is 11.8 Å². The first-order chi connectivity index (χ1) is 18.4. The van der Waals surface area contributed by atoms with Gasteiger partial charge in [-0.3, -0.25) is 19.3 Å². The fourth-order valence-electron chi connectivity index (χ4n) is 5.26. The number of aliphatic hydroxyl groups is 1. The summed E-state index contributed by atoms with van der Waals surface area (Å²) in [5.74, 6) is -0.637. The van der Waals surface area contributed by atoms with Crippen LogP contribution in [0.2, 0.25) is 0 Å². The number of nitrogens with zero attached hydrogens (tertiary/aromatic N) is 2. The van der Waals surface area contributed by atoms with E-state index in [2.05, 4.69) is 29.4 Å². The molecule has 4 atom stereocenters. The molecule has 1 unspecified atom stereocenters. The Bertz CT molecular complexity index is 976. The van der Waals surface area contributed by atoms with E-state index < -0.39 is 12.1 Å². The SMILES string of the molecule is CC(=C[C@H](C(C)C)N(C)C(=O)[C@@H](NC(=O)C1CCCCN1C(C)C)C(C)C)C(=O)N[C@@H](CO)c1ccccc1. The number of rotatable bonds is 12. The Morgan fingerprint density at radius 1 is 1.03 bits per heavy atom. The normalized spacial score (nSPS) is 19.1. The molecule has 218 valence electrons. The van der Waals surface area contributed by atoms with Crippen LogP contribution in [-0.2, 0) is 14.4 Å². The molecule has 3 amide bonds. The van der Waals surface area contributed by atoms with Gasteiger partial charge >= 0.3 is 0 Å². The van der Waals surface area contributed by atoms with E-state index >= 15 is 0 Å². The predicted molar refractivity (Wildman–Crippen MR) is 156 cm³/mol. The van der Waals surface area contributed by atoms with E-state index in [0.29, 0.717) is 5.57 Å². The molecule has 1 aliphatic rings. The number of hydrogen-bond donors (Lipinski definition) is 3. The molecule has 0 radical (unpaired) electrons. The van der Waals surface area contributed by atoms with Crippen molar-refractivity contribution in [3.05, 3.63) is 47.5 Å². The Morgan fingerprint density at radius 3 is 2.21 bits per heavy atom. The lowest BCUT2D eigenvalue weighted by Crippen LogP contribution is -2.58. The molecule has 0 spiro atoms. The van der Waals surface area contributed by atoms with Crippen molar-refractivity contribution in [2.45, 2.75) is 97.9 Å². The number of carbonyl (C=O) groups is 3. The van der Waals surface area contributed by atoms with Crippen molar-refractivity contribution < 1.29 is 19.5 Å². The number of carbonyl (C=O) groups excluding carboxylic acids is 3. The van der Waals surface area contributed by atoms with Crippen LogP contribution in [0.25, 0.3) is 0 Å². The minimum Gasteiger partial charge on any atom is -0.394 e. The zero-order valence-electron chi connectivity index (χ0n) is 25.1. The van der Waals surface area contributed by atoms with Gasteiger partial charge in [0.1, 0.15) is 6.04 Å². The molecular formula is C31H50N4O4. The third-order valence-electron chi connectivity index (χ3n) is 7.69. The van der Waals surface area contributed by atoms with Crippen LogP contribution in [0.3, 0.4) is 0 Å². The second-order valence-electron chi connectivity index (χ2n) is 11.7. The standard InChI is InChI=1S/C31H50N4O4/c1-20(2)27(18-23(7)29(37)32-25(19-36)24-14-10-9-11-15-24)34(8)31(39)28(21(3)4)33-30(38)26-16-12-13-17-35(26)22(5)6/h9-11,14-15,18,20-22,25-28,36H,12-13,16-17,19H2,1-8H3,(H,32,37)(H,33,38)/t25-,26?,27+,28-/m0/s1. The molecule has 1 heterocycles. The summed E-state index contributed by atoms with van der Waals surface area (Å²) in [7, 11) is 1.73. The van der Waals surface area contributed by atoms with Gasteiger partial charge in [-0.2, -0.15) is 0 Å². The molecule has 1 aromatic rings. The minimum absolute atomic E-state index is 0.0303. The fraction of sp³-hybridized carbons (Fsp3) is 0.645. The van der Waals surface area contributed by atoms with Gasteiger partial charge in [-0.15, -0.1) is 0 Å². The minimum atomic E-state index is -0.668. The second-order valence-corrected chi connectivity index (χ2v) is 11.7. The summed E-state index contributed by atoms with van der Waals surface area (Å²) in [6.45, 7) is 14.5. The summed E-state index contributed by atoms with van der Waals surface area (Å²) < 4.78 is 0. The number of likely N-dealkylation sites (N-methyl/N-ethyl adjacent to an activating group) is 1. The van der Waals surface area contributed by atoms with Crippen molar-refractivity contribution in [3.63, 3.8) is 0 Å². The van der Waals surface area contributed by atoms with Crippen molar-refractivity contribution in [3.8, 4) is 0 Å². The Hall–Kier alpha value is -2.71. The third-order valence-corrected chi connectivity index (χ3v) is 7.69. The summed E-state index contributed by atoms with van der Waals surface area (Å²) in [6.07, 6.45) is 4.68. The highest BCUT2D eigenvalue weighted by atomic mass is 16.3. The number of hydrogen-bond acceptors (Lipinski definition) is 5.